The Morgan fingerprint density at radius 2 is 2.32 bits per heavy atom. The molecule has 0 spiro atoms. The van der Waals surface area contributed by atoms with Gasteiger partial charge in [0.2, 0.25) is 5.91 Å². The fraction of sp³-hybridized carbons (Fsp3) is 0.667. The van der Waals surface area contributed by atoms with Crippen LogP contribution in [0.1, 0.15) is 30.2 Å². The van der Waals surface area contributed by atoms with Gasteiger partial charge in [-0.05, 0) is 26.3 Å². The highest BCUT2D eigenvalue weighted by atomic mass is 35.5. The van der Waals surface area contributed by atoms with Crippen molar-refractivity contribution >= 4 is 42.1 Å². The molecule has 0 bridgehead atoms. The summed E-state index contributed by atoms with van der Waals surface area (Å²) in [6, 6.07) is 0. The van der Waals surface area contributed by atoms with Crippen LogP contribution in [0.3, 0.4) is 0 Å². The zero-order valence-corrected chi connectivity index (χ0v) is 13.6. The van der Waals surface area contributed by atoms with Crippen molar-refractivity contribution in [2.75, 3.05) is 13.1 Å². The molecule has 0 saturated carbocycles. The van der Waals surface area contributed by atoms with E-state index >= 15 is 0 Å². The third-order valence-electron chi connectivity index (χ3n) is 3.27. The summed E-state index contributed by atoms with van der Waals surface area (Å²) in [7, 11) is 0. The number of carbonyl (C=O) groups is 1. The van der Waals surface area contributed by atoms with E-state index < -0.39 is 0 Å². The van der Waals surface area contributed by atoms with E-state index in [2.05, 4.69) is 22.5 Å². The van der Waals surface area contributed by atoms with Crippen LogP contribution >= 0.6 is 36.2 Å². The van der Waals surface area contributed by atoms with Crippen molar-refractivity contribution in [2.45, 2.75) is 33.2 Å². The van der Waals surface area contributed by atoms with E-state index in [1.165, 1.54) is 4.88 Å². The summed E-state index contributed by atoms with van der Waals surface area (Å²) >= 11 is 1.67. The van der Waals surface area contributed by atoms with E-state index in [4.69, 9.17) is 0 Å². The zero-order chi connectivity index (χ0) is 12.3. The zero-order valence-electron chi connectivity index (χ0n) is 11.2. The van der Waals surface area contributed by atoms with Gasteiger partial charge in [-0.15, -0.1) is 36.2 Å². The predicted octanol–water partition coefficient (Wildman–Crippen LogP) is 2.16. The van der Waals surface area contributed by atoms with Gasteiger partial charge in [0, 0.05) is 17.6 Å². The quantitative estimate of drug-likeness (QED) is 0.892. The first-order valence-electron chi connectivity index (χ1n) is 6.06. The van der Waals surface area contributed by atoms with E-state index in [1.807, 2.05) is 13.1 Å². The third kappa shape index (κ3) is 4.60. The summed E-state index contributed by atoms with van der Waals surface area (Å²) in [6.45, 7) is 6.39. The Balaban J connectivity index is 0.00000162. The molecular formula is C12H21Cl2N3OS. The molecule has 1 aromatic rings. The van der Waals surface area contributed by atoms with Crippen LogP contribution in [0.5, 0.6) is 0 Å². The number of halogens is 2. The minimum Gasteiger partial charge on any atom is -0.349 e. The summed E-state index contributed by atoms with van der Waals surface area (Å²) in [5, 5.41) is 7.21. The molecule has 1 aromatic heterocycles. The molecule has 0 radical (unpaired) electrons. The van der Waals surface area contributed by atoms with Crippen LogP contribution in [-0.2, 0) is 17.8 Å². The van der Waals surface area contributed by atoms with Gasteiger partial charge >= 0.3 is 0 Å². The minimum atomic E-state index is -0.245. The van der Waals surface area contributed by atoms with E-state index in [1.54, 1.807) is 11.3 Å². The second-order valence-electron chi connectivity index (χ2n) is 4.74. The van der Waals surface area contributed by atoms with Gasteiger partial charge in [-0.25, -0.2) is 4.98 Å². The van der Waals surface area contributed by atoms with Crippen molar-refractivity contribution in [3.63, 3.8) is 0 Å². The highest BCUT2D eigenvalue weighted by Crippen LogP contribution is 2.24. The molecular weight excluding hydrogens is 305 g/mol. The number of thiazole rings is 1. The average molecular weight is 326 g/mol. The molecule has 1 saturated heterocycles. The van der Waals surface area contributed by atoms with E-state index in [-0.39, 0.29) is 36.1 Å². The molecule has 0 aromatic carbocycles. The van der Waals surface area contributed by atoms with Crippen LogP contribution in [0.15, 0.2) is 6.20 Å². The van der Waals surface area contributed by atoms with E-state index in [0.29, 0.717) is 6.54 Å². The number of rotatable bonds is 4. The fourth-order valence-electron chi connectivity index (χ4n) is 1.97. The number of aromatic nitrogens is 1. The van der Waals surface area contributed by atoms with Gasteiger partial charge in [0.05, 0.1) is 12.0 Å². The minimum absolute atomic E-state index is 0. The fourth-order valence-corrected chi connectivity index (χ4v) is 2.78. The molecule has 110 valence electrons. The van der Waals surface area contributed by atoms with Crippen LogP contribution < -0.4 is 10.6 Å². The van der Waals surface area contributed by atoms with Gasteiger partial charge in [0.25, 0.3) is 0 Å². The van der Waals surface area contributed by atoms with Crippen molar-refractivity contribution in [3.8, 4) is 0 Å². The lowest BCUT2D eigenvalue weighted by Crippen LogP contribution is -2.39. The normalized spacial score (nSPS) is 21.4. The standard InChI is InChI=1S/C12H19N3OS.2ClH/c1-3-9-6-14-10(17-9)7-15-11(16)12(2)4-5-13-8-12;;/h6,13H,3-5,7-8H2,1-2H3,(H,15,16);2*1H. The van der Waals surface area contributed by atoms with Gasteiger partial charge < -0.3 is 10.6 Å². The largest absolute Gasteiger partial charge is 0.349 e. The molecule has 1 unspecified atom stereocenters. The topological polar surface area (TPSA) is 54.0 Å². The lowest BCUT2D eigenvalue weighted by molar-refractivity contribution is -0.129. The van der Waals surface area contributed by atoms with Crippen molar-refractivity contribution in [1.82, 2.24) is 15.6 Å². The van der Waals surface area contributed by atoms with Crippen LogP contribution in [0.2, 0.25) is 0 Å². The second-order valence-corrected chi connectivity index (χ2v) is 5.94. The molecule has 7 heteroatoms. The smallest absolute Gasteiger partial charge is 0.227 e. The third-order valence-corrected chi connectivity index (χ3v) is 4.41. The highest BCUT2D eigenvalue weighted by molar-refractivity contribution is 7.11. The number of hydrogen-bond donors (Lipinski definition) is 2. The Labute approximate surface area is 130 Å². The summed E-state index contributed by atoms with van der Waals surface area (Å²) in [4.78, 5) is 17.6. The first-order chi connectivity index (χ1) is 8.14. The molecule has 1 fully saturated rings. The number of hydrogen-bond acceptors (Lipinski definition) is 4. The lowest BCUT2D eigenvalue weighted by Gasteiger charge is -2.20. The maximum Gasteiger partial charge on any atom is 0.227 e. The SMILES string of the molecule is CCc1cnc(CNC(=O)C2(C)CCNC2)s1.Cl.Cl. The Morgan fingerprint density at radius 3 is 2.84 bits per heavy atom. The van der Waals surface area contributed by atoms with Gasteiger partial charge in [-0.2, -0.15) is 0 Å². The predicted molar refractivity (Wildman–Crippen MR) is 83.4 cm³/mol. The number of aryl methyl sites for hydroxylation is 1. The van der Waals surface area contributed by atoms with Crippen molar-refractivity contribution in [1.29, 1.82) is 0 Å². The van der Waals surface area contributed by atoms with Crippen LogP contribution in [0.4, 0.5) is 0 Å². The van der Waals surface area contributed by atoms with Gasteiger partial charge in [-0.3, -0.25) is 4.79 Å². The van der Waals surface area contributed by atoms with Crippen LogP contribution in [0.25, 0.3) is 0 Å². The maximum absolute atomic E-state index is 12.0. The Hall–Kier alpha value is -0.360. The molecule has 1 aliphatic heterocycles. The van der Waals surface area contributed by atoms with Crippen molar-refractivity contribution in [3.05, 3.63) is 16.1 Å². The van der Waals surface area contributed by atoms with Gasteiger partial charge in [0.15, 0.2) is 0 Å². The summed E-state index contributed by atoms with van der Waals surface area (Å²) in [5.41, 5.74) is -0.245. The van der Waals surface area contributed by atoms with E-state index in [9.17, 15) is 4.79 Å². The number of carbonyl (C=O) groups excluding carboxylic acids is 1. The van der Waals surface area contributed by atoms with Gasteiger partial charge in [-0.1, -0.05) is 6.92 Å². The summed E-state index contributed by atoms with van der Waals surface area (Å²) in [6.07, 6.45) is 3.81. The lowest BCUT2D eigenvalue weighted by atomic mass is 9.89. The Kier molecular flexibility index (Phi) is 7.89. The number of nitrogens with zero attached hydrogens (tertiary/aromatic N) is 1. The monoisotopic (exact) mass is 325 g/mol. The molecule has 1 amide bonds. The molecule has 4 nitrogen and oxygen atoms in total. The first kappa shape index (κ1) is 18.6. The number of nitrogens with one attached hydrogen (secondary N) is 2. The molecule has 2 N–H and O–H groups in total. The molecule has 2 rings (SSSR count). The molecule has 0 aliphatic carbocycles. The average Bonchev–Trinajstić information content (AvgIpc) is 2.95. The van der Waals surface area contributed by atoms with Crippen LogP contribution in [0, 0.1) is 5.41 Å². The van der Waals surface area contributed by atoms with E-state index in [0.717, 1.165) is 30.9 Å². The van der Waals surface area contributed by atoms with Crippen LogP contribution in [-0.4, -0.2) is 24.0 Å². The van der Waals surface area contributed by atoms with Gasteiger partial charge in [0.1, 0.15) is 5.01 Å². The molecule has 1 aliphatic rings. The summed E-state index contributed by atoms with van der Waals surface area (Å²) in [5.74, 6) is 0.135. The number of amides is 1. The summed E-state index contributed by atoms with van der Waals surface area (Å²) < 4.78 is 0. The second kappa shape index (κ2) is 8.04. The molecule has 1 atom stereocenters. The highest BCUT2D eigenvalue weighted by Gasteiger charge is 2.35. The first-order valence-corrected chi connectivity index (χ1v) is 6.88. The Bertz CT molecular complexity index is 405. The Morgan fingerprint density at radius 1 is 1.58 bits per heavy atom. The maximum atomic E-state index is 12.0. The van der Waals surface area contributed by atoms with Crippen molar-refractivity contribution in [2.24, 2.45) is 5.41 Å². The molecule has 2 heterocycles. The van der Waals surface area contributed by atoms with Crippen molar-refractivity contribution < 1.29 is 4.79 Å². The molecule has 19 heavy (non-hydrogen) atoms.